The number of Topliss-reactive ketones (excluding diaryl/α,β-unsaturated/α-hetero) is 2. The van der Waals surface area contributed by atoms with E-state index in [0.29, 0.717) is 166 Å². The molecule has 15 heterocycles. The number of rotatable bonds is 33. The van der Waals surface area contributed by atoms with Gasteiger partial charge < -0.3 is 28.8 Å². The lowest BCUT2D eigenvalue weighted by molar-refractivity contribution is -0.119. The van der Waals surface area contributed by atoms with Gasteiger partial charge in [-0.3, -0.25) is 100 Å². The average Bonchev–Trinajstić information content (AvgIpc) is 1.72. The van der Waals surface area contributed by atoms with Crippen molar-refractivity contribution in [3.8, 4) is 86.7 Å². The number of hydrogen-bond acceptors (Lipinski definition) is 33. The number of pyridine rings is 6. The lowest BCUT2D eigenvalue weighted by atomic mass is 10.1. The van der Waals surface area contributed by atoms with Crippen molar-refractivity contribution in [3.05, 3.63) is 282 Å². The number of H-pyrrole nitrogens is 6. The number of nitrogens with zero attached hydrogens (tertiary/aromatic N) is 22. The Bertz CT molecular complexity index is 6690. The molecular formula is C93H94N32O10S. The zero-order chi connectivity index (χ0) is 95.0. The molecule has 18 rings (SSSR count). The van der Waals surface area contributed by atoms with Crippen LogP contribution in [0.15, 0.2) is 240 Å². The number of aryl methyl sites for hydroxylation is 2. The Balaban J connectivity index is 0.000000148. The van der Waals surface area contributed by atoms with E-state index in [1.54, 1.807) is 98.2 Å². The first-order valence-electron chi connectivity index (χ1n) is 42.8. The summed E-state index contributed by atoms with van der Waals surface area (Å²) in [5.74, 6) is 9.07. The fourth-order valence-corrected chi connectivity index (χ4v) is 13.1. The molecule has 10 N–H and O–H groups in total. The van der Waals surface area contributed by atoms with E-state index in [2.05, 4.69) is 169 Å². The van der Waals surface area contributed by atoms with Crippen LogP contribution < -0.4 is 30.7 Å². The topological polar surface area (TPSA) is 584 Å². The number of aromatic amines is 6. The van der Waals surface area contributed by atoms with Gasteiger partial charge in [-0.25, -0.2) is 15.0 Å². The predicted octanol–water partition coefficient (Wildman–Crippen LogP) is 13.6. The first kappa shape index (κ1) is 95.9. The highest BCUT2D eigenvalue weighted by Crippen LogP contribution is 2.25. The van der Waals surface area contributed by atoms with Crippen molar-refractivity contribution >= 4 is 70.2 Å². The second-order valence-electron chi connectivity index (χ2n) is 30.2. The van der Waals surface area contributed by atoms with Crippen LogP contribution in [0.25, 0.3) is 69.1 Å². The van der Waals surface area contributed by atoms with Gasteiger partial charge >= 0.3 is 0 Å². The second-order valence-corrected chi connectivity index (χ2v) is 31.2. The molecule has 2 aromatic carbocycles. The Kier molecular flexibility index (Phi) is 35.2. The smallest absolute Gasteiger partial charge is 0.264 e. The molecule has 0 aliphatic heterocycles. The third kappa shape index (κ3) is 30.4. The van der Waals surface area contributed by atoms with E-state index >= 15 is 0 Å². The van der Waals surface area contributed by atoms with Crippen molar-refractivity contribution in [2.24, 2.45) is 5.92 Å². The number of anilines is 4. The van der Waals surface area contributed by atoms with E-state index in [9.17, 15) is 28.8 Å². The average molecular weight is 1850 g/mol. The Morgan fingerprint density at radius 3 is 1.43 bits per heavy atom. The standard InChI is InChI=1S/C17H20N6O2.C17H16N4O2.C16H18N6O2.C16H12N6O2.C14H15N5O.C13H11N5OS.H2/c1-11(2)16-20-15(25-23-16)8-5-6-12(24)10-14-19-17(22-21-14)13-7-3-4-9-18-13;1-23-13-7-5-12(6-8-13)10-16(22)20-15-11-19-17(21-15)14-4-2-3-9-18-14;1-10(2)15-19-14(24-22-15)7-6-11(23)9-13-18-16(21-20-13)12-5-3-4-8-17-12;17-9-11-5-1-2-7-13(11)24-10-14(23)19-16-20-15(21-22-16)12-6-3-4-8-18-12;20-12(9-10-5-1-2-6-10)16-14-17-13(18-19-14)11-7-3-4-8-15-11;19-11(8-9-4-3-7-20-9)15-13-16-12(17-18-13)10-5-1-2-6-14-10;/h3-4,7,9,11H,5-6,8,10H2,1-2H3,(H,19,21,22);2-9,11H,10H2,1H3,(H,19,21)(H,20,22);3-5,8,10H,6-7,9H2,1-2H3,(H,18,20,21);1-8H,10H2,(H2,19,20,21,22,23);1,3-5,7-8,10H,2,6,9H2,(H2,16,17,18,19,20);1-7H,8H2,(H2,15,16,17,18,19);1H. The molecule has 0 spiro atoms. The number of amides is 4. The highest BCUT2D eigenvalue weighted by molar-refractivity contribution is 7.10. The van der Waals surface area contributed by atoms with Gasteiger partial charge in [0.25, 0.3) is 5.91 Å². The minimum absolute atomic E-state index is 0. The number of nitriles is 1. The molecule has 43 heteroatoms. The number of para-hydroxylation sites is 1. The fraction of sp³-hybridized carbons (Fsp3) is 0.226. The first-order chi connectivity index (χ1) is 66.3. The molecule has 1 atom stereocenters. The summed E-state index contributed by atoms with van der Waals surface area (Å²) in [7, 11) is 1.61. The van der Waals surface area contributed by atoms with Gasteiger partial charge in [0, 0.05) is 87.4 Å². The number of thiophene rings is 1. The molecule has 0 radical (unpaired) electrons. The van der Waals surface area contributed by atoms with E-state index in [0.717, 1.165) is 34.7 Å². The van der Waals surface area contributed by atoms with Crippen LogP contribution in [0.4, 0.5) is 23.7 Å². The van der Waals surface area contributed by atoms with Crippen molar-refractivity contribution in [1.82, 2.24) is 136 Å². The molecule has 692 valence electrons. The molecule has 0 fully saturated rings. The van der Waals surface area contributed by atoms with Crippen molar-refractivity contribution < 1.29 is 48.7 Å². The van der Waals surface area contributed by atoms with E-state index in [1.165, 1.54) is 0 Å². The van der Waals surface area contributed by atoms with Crippen molar-refractivity contribution in [1.29, 1.82) is 5.26 Å². The number of ketones is 2. The number of imidazole rings is 1. The van der Waals surface area contributed by atoms with Gasteiger partial charge in [0.15, 0.2) is 53.2 Å². The number of nitrogens with one attached hydrogen (secondary N) is 10. The second kappa shape index (κ2) is 49.9. The number of methoxy groups -OCH3 is 1. The predicted molar refractivity (Wildman–Crippen MR) is 500 cm³/mol. The summed E-state index contributed by atoms with van der Waals surface area (Å²) in [6, 6.07) is 52.9. The molecule has 42 nitrogen and oxygen atoms in total. The summed E-state index contributed by atoms with van der Waals surface area (Å²) in [5.41, 5.74) is 5.33. The molecule has 15 aromatic heterocycles. The van der Waals surface area contributed by atoms with Crippen LogP contribution in [0.2, 0.25) is 0 Å². The quantitative estimate of drug-likeness (QED) is 0.0171. The summed E-state index contributed by atoms with van der Waals surface area (Å²) < 4.78 is 20.7. The molecule has 4 amide bonds. The number of hydrogen-bond donors (Lipinski definition) is 10. The van der Waals surface area contributed by atoms with Crippen LogP contribution >= 0.6 is 11.3 Å². The summed E-state index contributed by atoms with van der Waals surface area (Å²) in [6.45, 7) is 7.74. The lowest BCUT2D eigenvalue weighted by Crippen LogP contribution is -2.21. The van der Waals surface area contributed by atoms with E-state index < -0.39 is 5.91 Å². The van der Waals surface area contributed by atoms with Gasteiger partial charge in [-0.2, -0.15) is 40.4 Å². The Labute approximate surface area is 782 Å². The van der Waals surface area contributed by atoms with E-state index in [1.807, 2.05) is 173 Å². The maximum Gasteiger partial charge on any atom is 0.264 e. The summed E-state index contributed by atoms with van der Waals surface area (Å²) in [4.78, 5) is 135. The third-order valence-corrected chi connectivity index (χ3v) is 20.0. The Morgan fingerprint density at radius 2 is 0.963 bits per heavy atom. The highest BCUT2D eigenvalue weighted by Gasteiger charge is 2.21. The number of allylic oxidation sites excluding steroid dienone is 2. The van der Waals surface area contributed by atoms with Crippen LogP contribution in [0.1, 0.15) is 131 Å². The molecule has 17 aromatic rings. The number of carbonyl (C=O) groups is 6. The van der Waals surface area contributed by atoms with Crippen LogP contribution in [0.5, 0.6) is 11.5 Å². The highest BCUT2D eigenvalue weighted by atomic mass is 32.1. The molecular weight excluding hydrogens is 1760 g/mol. The van der Waals surface area contributed by atoms with Crippen molar-refractivity contribution in [2.75, 3.05) is 35.0 Å². The normalized spacial score (nSPS) is 11.6. The van der Waals surface area contributed by atoms with Crippen molar-refractivity contribution in [2.45, 2.75) is 117 Å². The van der Waals surface area contributed by atoms with Gasteiger partial charge in [-0.1, -0.05) is 117 Å². The molecule has 136 heavy (non-hydrogen) atoms. The Hall–Kier alpha value is -17.7. The van der Waals surface area contributed by atoms with Gasteiger partial charge in [0.05, 0.1) is 44.6 Å². The van der Waals surface area contributed by atoms with Crippen LogP contribution in [0, 0.1) is 17.2 Å². The molecule has 0 saturated carbocycles. The monoisotopic (exact) mass is 1850 g/mol. The van der Waals surface area contributed by atoms with E-state index in [-0.39, 0.29) is 86.3 Å². The number of aromatic nitrogens is 27. The third-order valence-electron chi connectivity index (χ3n) is 19.1. The van der Waals surface area contributed by atoms with Crippen molar-refractivity contribution in [3.63, 3.8) is 0 Å². The molecule has 1 aliphatic rings. The summed E-state index contributed by atoms with van der Waals surface area (Å²) in [5, 5.41) is 63.2. The van der Waals surface area contributed by atoms with Crippen LogP contribution in [0.3, 0.4) is 0 Å². The number of carbonyl (C=O) groups excluding carboxylic acids is 6. The van der Waals surface area contributed by atoms with Gasteiger partial charge in [-0.15, -0.1) is 26.6 Å². The van der Waals surface area contributed by atoms with Gasteiger partial charge in [0.1, 0.15) is 80.8 Å². The largest absolute Gasteiger partial charge is 0.497 e. The molecule has 1 aliphatic carbocycles. The van der Waals surface area contributed by atoms with Gasteiger partial charge in [-0.05, 0) is 139 Å². The number of ether oxygens (including phenoxy) is 2. The number of benzene rings is 2. The molecule has 1 unspecified atom stereocenters. The summed E-state index contributed by atoms with van der Waals surface area (Å²) in [6.07, 6.45) is 21.9. The molecule has 0 bridgehead atoms. The fourth-order valence-electron chi connectivity index (χ4n) is 12.4. The van der Waals surface area contributed by atoms with Crippen LogP contribution in [-0.2, 0) is 67.3 Å². The van der Waals surface area contributed by atoms with E-state index in [4.69, 9.17) is 23.8 Å². The summed E-state index contributed by atoms with van der Waals surface area (Å²) >= 11 is 1.54. The minimum atomic E-state index is -0.436. The van der Waals surface area contributed by atoms with Crippen LogP contribution in [-0.4, -0.2) is 185 Å². The lowest BCUT2D eigenvalue weighted by Gasteiger charge is -2.06. The maximum atomic E-state index is 12.1. The zero-order valence-electron chi connectivity index (χ0n) is 74.2. The first-order valence-corrected chi connectivity index (χ1v) is 43.7. The molecule has 0 saturated heterocycles. The maximum absolute atomic E-state index is 12.1. The zero-order valence-corrected chi connectivity index (χ0v) is 75.0. The SMILES string of the molecule is CC(C)c1noc(CCC(=O)Cc2nc(-c3ccccn3)n[nH]2)n1.CC(C)c1noc(CCCC(=O)Cc2nc(-c3ccccn3)n[nH]2)n1.COc1ccc(CC(=O)Nc2cnc(-c3ccccn3)[nH]2)cc1.N#Cc1ccccc1OCC(=O)Nc1n[nH]c(-c2ccccn2)n1.O=C(CC1C=CCC1)Nc1n[nH]c(-c2ccccn2)n1.O=C(Cc1cccs1)Nc1n[nH]c(-c2ccccn2)n1.[HH]. The minimum Gasteiger partial charge on any atom is -0.497 e. The Morgan fingerprint density at radius 1 is 0.485 bits per heavy atom. The van der Waals surface area contributed by atoms with Gasteiger partial charge in [0.2, 0.25) is 47.3 Å².